The van der Waals surface area contributed by atoms with E-state index in [4.69, 9.17) is 9.40 Å². The van der Waals surface area contributed by atoms with Crippen molar-refractivity contribution >= 4 is 33.0 Å². The lowest BCUT2D eigenvalue weighted by Crippen LogP contribution is -2.09. The maximum atomic E-state index is 6.63. The van der Waals surface area contributed by atoms with Gasteiger partial charge in [0.1, 0.15) is 17.0 Å². The van der Waals surface area contributed by atoms with Gasteiger partial charge in [-0.25, -0.2) is 4.98 Å². The number of nitrogens with zero attached hydrogens (tertiary/aromatic N) is 2. The Bertz CT molecular complexity index is 2380. The van der Waals surface area contributed by atoms with E-state index in [0.717, 1.165) is 44.4 Å². The number of aryl methyl sites for hydroxylation is 1. The molecule has 47 heavy (non-hydrogen) atoms. The van der Waals surface area contributed by atoms with Gasteiger partial charge in [-0.1, -0.05) is 119 Å². The second-order valence-electron chi connectivity index (χ2n) is 13.2. The summed E-state index contributed by atoms with van der Waals surface area (Å²) >= 11 is 0. The van der Waals surface area contributed by atoms with Crippen molar-refractivity contribution in [1.82, 2.24) is 9.55 Å². The van der Waals surface area contributed by atoms with E-state index in [0.29, 0.717) is 0 Å². The molecule has 0 aliphatic rings. The molecule has 3 heteroatoms. The summed E-state index contributed by atoms with van der Waals surface area (Å²) in [5.74, 6) is 1.47. The lowest BCUT2D eigenvalue weighted by atomic mass is 9.87. The average molecular weight is 611 g/mol. The molecule has 0 fully saturated rings. The molecule has 0 unspecified atom stereocenters. The van der Waals surface area contributed by atoms with Crippen LogP contribution in [0, 0.1) is 6.92 Å². The zero-order valence-electron chi connectivity index (χ0n) is 27.6. The van der Waals surface area contributed by atoms with E-state index < -0.39 is 0 Å². The zero-order valence-corrected chi connectivity index (χ0v) is 27.6. The summed E-state index contributed by atoms with van der Waals surface area (Å²) in [5, 5.41) is 2.29. The normalized spacial score (nSPS) is 11.9. The second kappa shape index (κ2) is 11.4. The number of imidazole rings is 1. The Morgan fingerprint density at radius 3 is 1.89 bits per heavy atom. The summed E-state index contributed by atoms with van der Waals surface area (Å²) in [6, 6.07) is 45.6. The number of hydrogen-bond donors (Lipinski definition) is 0. The van der Waals surface area contributed by atoms with E-state index in [1.807, 2.05) is 6.07 Å². The number of para-hydroxylation sites is 3. The van der Waals surface area contributed by atoms with E-state index in [2.05, 4.69) is 161 Å². The van der Waals surface area contributed by atoms with Crippen molar-refractivity contribution in [1.29, 1.82) is 0 Å². The molecule has 0 saturated carbocycles. The van der Waals surface area contributed by atoms with Gasteiger partial charge in [0.25, 0.3) is 0 Å². The van der Waals surface area contributed by atoms with Gasteiger partial charge in [0, 0.05) is 10.8 Å². The van der Waals surface area contributed by atoms with Crippen molar-refractivity contribution in [2.24, 2.45) is 0 Å². The Balaban J connectivity index is 1.39. The van der Waals surface area contributed by atoms with Gasteiger partial charge >= 0.3 is 0 Å². The molecule has 6 aromatic carbocycles. The SMILES string of the molecule is Cc1ccc(-c2nc3ccccc3n2-c2c(C(C)C)cc(-c3ccc(-c4ccccc4)cc3)cc2C(C)C)c2oc3ccccc3c12. The number of aromatic nitrogens is 2. The van der Waals surface area contributed by atoms with Crippen molar-refractivity contribution in [3.63, 3.8) is 0 Å². The van der Waals surface area contributed by atoms with Crippen LogP contribution in [0.5, 0.6) is 0 Å². The molecule has 0 atom stereocenters. The first kappa shape index (κ1) is 29.0. The molecule has 8 aromatic rings. The quantitative estimate of drug-likeness (QED) is 0.187. The Morgan fingerprint density at radius 2 is 1.19 bits per heavy atom. The number of rotatable bonds is 6. The number of hydrogen-bond acceptors (Lipinski definition) is 2. The monoisotopic (exact) mass is 610 g/mol. The van der Waals surface area contributed by atoms with Crippen molar-refractivity contribution in [2.75, 3.05) is 0 Å². The molecular weight excluding hydrogens is 572 g/mol. The zero-order chi connectivity index (χ0) is 32.2. The molecule has 0 aliphatic heterocycles. The molecule has 0 N–H and O–H groups in total. The molecule has 0 aliphatic carbocycles. The van der Waals surface area contributed by atoms with E-state index in [1.165, 1.54) is 44.6 Å². The lowest BCUT2D eigenvalue weighted by Gasteiger charge is -2.24. The maximum absolute atomic E-state index is 6.63. The van der Waals surface area contributed by atoms with E-state index in [-0.39, 0.29) is 11.8 Å². The molecule has 2 aromatic heterocycles. The van der Waals surface area contributed by atoms with Crippen LogP contribution >= 0.6 is 0 Å². The Morgan fingerprint density at radius 1 is 0.596 bits per heavy atom. The van der Waals surface area contributed by atoms with Crippen LogP contribution in [0.2, 0.25) is 0 Å². The fraction of sp³-hybridized carbons (Fsp3) is 0.159. The molecule has 0 spiro atoms. The third-order valence-corrected chi connectivity index (χ3v) is 9.50. The number of fused-ring (bicyclic) bond motifs is 4. The smallest absolute Gasteiger partial charge is 0.149 e. The summed E-state index contributed by atoms with van der Waals surface area (Å²) in [4.78, 5) is 5.33. The summed E-state index contributed by atoms with van der Waals surface area (Å²) in [7, 11) is 0. The highest BCUT2D eigenvalue weighted by Crippen LogP contribution is 2.43. The summed E-state index contributed by atoms with van der Waals surface area (Å²) < 4.78 is 9.03. The fourth-order valence-electron chi connectivity index (χ4n) is 7.07. The first-order valence-electron chi connectivity index (χ1n) is 16.6. The van der Waals surface area contributed by atoms with Crippen LogP contribution in [0.3, 0.4) is 0 Å². The van der Waals surface area contributed by atoms with Gasteiger partial charge in [-0.15, -0.1) is 0 Å². The van der Waals surface area contributed by atoms with Gasteiger partial charge in [-0.05, 0) is 94.1 Å². The van der Waals surface area contributed by atoms with E-state index >= 15 is 0 Å². The van der Waals surface area contributed by atoms with Crippen LogP contribution in [0.4, 0.5) is 0 Å². The van der Waals surface area contributed by atoms with E-state index in [9.17, 15) is 0 Å². The molecule has 230 valence electrons. The predicted octanol–water partition coefficient (Wildman–Crippen LogP) is 12.5. The minimum atomic E-state index is 0.282. The van der Waals surface area contributed by atoms with Gasteiger partial charge in [0.15, 0.2) is 0 Å². The summed E-state index contributed by atoms with van der Waals surface area (Å²) in [6.07, 6.45) is 0. The maximum Gasteiger partial charge on any atom is 0.149 e. The first-order valence-corrected chi connectivity index (χ1v) is 16.6. The van der Waals surface area contributed by atoms with Crippen LogP contribution in [-0.4, -0.2) is 9.55 Å². The Labute approximate surface area is 276 Å². The molecule has 0 amide bonds. The summed E-state index contributed by atoms with van der Waals surface area (Å²) in [6.45, 7) is 11.4. The fourth-order valence-corrected chi connectivity index (χ4v) is 7.07. The lowest BCUT2D eigenvalue weighted by molar-refractivity contribution is 0.669. The topological polar surface area (TPSA) is 31.0 Å². The molecule has 3 nitrogen and oxygen atoms in total. The highest BCUT2D eigenvalue weighted by molar-refractivity contribution is 6.11. The molecule has 0 saturated heterocycles. The van der Waals surface area contributed by atoms with Crippen molar-refractivity contribution in [3.8, 4) is 39.3 Å². The highest BCUT2D eigenvalue weighted by atomic mass is 16.3. The van der Waals surface area contributed by atoms with Crippen LogP contribution < -0.4 is 0 Å². The van der Waals surface area contributed by atoms with Gasteiger partial charge in [0.05, 0.1) is 22.3 Å². The molecule has 8 rings (SSSR count). The Hall–Kier alpha value is -5.41. The average Bonchev–Trinajstić information content (AvgIpc) is 3.68. The van der Waals surface area contributed by atoms with Gasteiger partial charge in [-0.3, -0.25) is 4.57 Å². The van der Waals surface area contributed by atoms with Crippen molar-refractivity contribution in [3.05, 3.63) is 144 Å². The van der Waals surface area contributed by atoms with E-state index in [1.54, 1.807) is 0 Å². The van der Waals surface area contributed by atoms with Crippen molar-refractivity contribution in [2.45, 2.75) is 46.5 Å². The van der Waals surface area contributed by atoms with Gasteiger partial charge < -0.3 is 4.42 Å². The third-order valence-electron chi connectivity index (χ3n) is 9.50. The minimum Gasteiger partial charge on any atom is -0.455 e. The molecule has 0 radical (unpaired) electrons. The standard InChI is InChI=1S/C44H38N2O/c1-27(2)36-25-33(32-22-20-31(21-23-32)30-13-7-6-8-14-30)26-37(28(3)4)42(36)46-39-17-11-10-16-38(39)45-44(46)35-24-19-29(5)41-34-15-9-12-18-40(34)47-43(35)41/h6-28H,1-5H3. The minimum absolute atomic E-state index is 0.282. The van der Waals surface area contributed by atoms with Gasteiger partial charge in [0.2, 0.25) is 0 Å². The van der Waals surface area contributed by atoms with Gasteiger partial charge in [-0.2, -0.15) is 0 Å². The van der Waals surface area contributed by atoms with Crippen LogP contribution in [0.15, 0.2) is 132 Å². The molecule has 2 heterocycles. The second-order valence-corrected chi connectivity index (χ2v) is 13.2. The largest absolute Gasteiger partial charge is 0.455 e. The van der Waals surface area contributed by atoms with Crippen molar-refractivity contribution < 1.29 is 4.42 Å². The Kier molecular flexibility index (Phi) is 7.06. The first-order chi connectivity index (χ1) is 22.9. The number of benzene rings is 6. The van der Waals surface area contributed by atoms with Crippen LogP contribution in [0.1, 0.15) is 56.2 Å². The van der Waals surface area contributed by atoms with Crippen LogP contribution in [0.25, 0.3) is 72.3 Å². The molecule has 0 bridgehead atoms. The predicted molar refractivity (Wildman–Crippen MR) is 198 cm³/mol. The highest BCUT2D eigenvalue weighted by Gasteiger charge is 2.25. The number of furan rings is 1. The van der Waals surface area contributed by atoms with Crippen LogP contribution in [-0.2, 0) is 0 Å². The summed E-state index contributed by atoms with van der Waals surface area (Å²) in [5.41, 5.74) is 14.8. The third kappa shape index (κ3) is 4.85. The molecular formula is C44H38N2O.